The molecule has 1 N–H and O–H groups in total. The lowest BCUT2D eigenvalue weighted by molar-refractivity contribution is 0.0517. The van der Waals surface area contributed by atoms with Gasteiger partial charge in [-0.05, 0) is 74.0 Å². The van der Waals surface area contributed by atoms with Gasteiger partial charge in [0.25, 0.3) is 5.91 Å². The van der Waals surface area contributed by atoms with Gasteiger partial charge in [0.05, 0.1) is 10.6 Å². The van der Waals surface area contributed by atoms with Crippen LogP contribution in [0.1, 0.15) is 54.4 Å². The fourth-order valence-electron chi connectivity index (χ4n) is 4.60. The van der Waals surface area contributed by atoms with Crippen LogP contribution in [-0.2, 0) is 6.42 Å². The first-order valence-electron chi connectivity index (χ1n) is 9.78. The summed E-state index contributed by atoms with van der Waals surface area (Å²) in [5.74, 6) is 0.568. The largest absolute Gasteiger partial charge is 0.465 e. The summed E-state index contributed by atoms with van der Waals surface area (Å²) in [5, 5.41) is 9.66. The molecule has 1 aliphatic carbocycles. The second-order valence-electron chi connectivity index (χ2n) is 8.43. The fraction of sp³-hybridized carbons (Fsp3) is 0.619. The minimum Gasteiger partial charge on any atom is -0.465 e. The summed E-state index contributed by atoms with van der Waals surface area (Å²) < 4.78 is 0. The number of halogens is 1. The molecule has 2 aliphatic rings. The van der Waals surface area contributed by atoms with Crippen molar-refractivity contribution in [3.8, 4) is 0 Å². The number of nitrogens with zero attached hydrogens (tertiary/aromatic N) is 2. The van der Waals surface area contributed by atoms with E-state index >= 15 is 0 Å². The molecule has 6 heteroatoms. The van der Waals surface area contributed by atoms with Crippen molar-refractivity contribution in [1.82, 2.24) is 9.80 Å². The Bertz CT molecular complexity index is 701. The van der Waals surface area contributed by atoms with Crippen molar-refractivity contribution in [3.05, 3.63) is 34.3 Å². The average Bonchev–Trinajstić information content (AvgIpc) is 2.64. The highest BCUT2D eigenvalue weighted by Gasteiger charge is 2.38. The number of carbonyl (C=O) groups excluding carboxylic acids is 1. The molecule has 27 heavy (non-hydrogen) atoms. The maximum absolute atomic E-state index is 12.1. The predicted octanol–water partition coefficient (Wildman–Crippen LogP) is 4.53. The van der Waals surface area contributed by atoms with Gasteiger partial charge in [0, 0.05) is 27.2 Å². The zero-order valence-corrected chi connectivity index (χ0v) is 17.0. The van der Waals surface area contributed by atoms with Crippen LogP contribution in [-0.4, -0.2) is 54.1 Å². The van der Waals surface area contributed by atoms with Crippen molar-refractivity contribution < 1.29 is 14.7 Å². The van der Waals surface area contributed by atoms with Gasteiger partial charge in [-0.1, -0.05) is 17.7 Å². The quantitative estimate of drug-likeness (QED) is 0.821. The lowest BCUT2D eigenvalue weighted by Gasteiger charge is -2.45. The monoisotopic (exact) mass is 392 g/mol. The fourth-order valence-corrected chi connectivity index (χ4v) is 4.88. The summed E-state index contributed by atoms with van der Waals surface area (Å²) in [6.45, 7) is 1.36. The van der Waals surface area contributed by atoms with Crippen LogP contribution in [0.3, 0.4) is 0 Å². The number of hydrogen-bond acceptors (Lipinski definition) is 2. The summed E-state index contributed by atoms with van der Waals surface area (Å²) in [7, 11) is 3.46. The van der Waals surface area contributed by atoms with E-state index in [-0.39, 0.29) is 5.91 Å². The Kier molecular flexibility index (Phi) is 5.99. The van der Waals surface area contributed by atoms with E-state index in [1.165, 1.54) is 36.1 Å². The van der Waals surface area contributed by atoms with Gasteiger partial charge in [-0.2, -0.15) is 0 Å². The van der Waals surface area contributed by atoms with Crippen molar-refractivity contribution >= 4 is 23.6 Å². The van der Waals surface area contributed by atoms with Crippen LogP contribution in [0, 0.1) is 11.3 Å². The van der Waals surface area contributed by atoms with Crippen molar-refractivity contribution in [2.45, 2.75) is 44.9 Å². The predicted molar refractivity (Wildman–Crippen MR) is 106 cm³/mol. The molecule has 0 atom stereocenters. The van der Waals surface area contributed by atoms with E-state index in [2.05, 4.69) is 0 Å². The van der Waals surface area contributed by atoms with Gasteiger partial charge in [0.2, 0.25) is 0 Å². The minimum atomic E-state index is -0.786. The molecule has 0 aromatic heterocycles. The summed E-state index contributed by atoms with van der Waals surface area (Å²) >= 11 is 6.34. The van der Waals surface area contributed by atoms with Crippen LogP contribution < -0.4 is 0 Å². The molecular formula is C21H29ClN2O3. The number of hydrogen-bond donors (Lipinski definition) is 1. The molecule has 0 bridgehead atoms. The zero-order valence-electron chi connectivity index (χ0n) is 16.2. The van der Waals surface area contributed by atoms with Gasteiger partial charge in [-0.25, -0.2) is 4.79 Å². The standard InChI is InChI=1S/C21H29ClN2O3/c1-23(2)19(25)17-4-3-16(14-18(17)22)13-15-5-7-21(8-6-15)9-11-24(12-10-21)20(26)27/h3-4,14-15H,5-13H2,1-2H3,(H,26,27). The van der Waals surface area contributed by atoms with Crippen LogP contribution in [0.25, 0.3) is 0 Å². The topological polar surface area (TPSA) is 60.9 Å². The van der Waals surface area contributed by atoms with E-state index in [9.17, 15) is 9.59 Å². The third kappa shape index (κ3) is 4.57. The van der Waals surface area contributed by atoms with E-state index in [1.807, 2.05) is 18.2 Å². The van der Waals surface area contributed by atoms with E-state index in [4.69, 9.17) is 16.7 Å². The van der Waals surface area contributed by atoms with Crippen LogP contribution in [0.2, 0.25) is 5.02 Å². The van der Waals surface area contributed by atoms with Gasteiger partial charge in [-0.3, -0.25) is 4.79 Å². The first kappa shape index (κ1) is 20.0. The third-order valence-electron chi connectivity index (χ3n) is 6.45. The Morgan fingerprint density at radius 3 is 2.33 bits per heavy atom. The SMILES string of the molecule is CN(C)C(=O)c1ccc(CC2CCC3(CC2)CCN(C(=O)O)CC3)cc1Cl. The van der Waals surface area contributed by atoms with Gasteiger partial charge in [-0.15, -0.1) is 0 Å². The third-order valence-corrected chi connectivity index (χ3v) is 6.77. The molecule has 1 aromatic carbocycles. The molecule has 1 aliphatic heterocycles. The number of amides is 2. The van der Waals surface area contributed by atoms with Crippen molar-refractivity contribution in [2.24, 2.45) is 11.3 Å². The number of piperidine rings is 1. The Hall–Kier alpha value is -1.75. The molecule has 0 radical (unpaired) electrons. The molecule has 2 fully saturated rings. The highest BCUT2D eigenvalue weighted by Crippen LogP contribution is 2.47. The van der Waals surface area contributed by atoms with E-state index < -0.39 is 6.09 Å². The highest BCUT2D eigenvalue weighted by atomic mass is 35.5. The molecule has 5 nitrogen and oxygen atoms in total. The molecule has 1 saturated carbocycles. The molecule has 1 spiro atoms. The summed E-state index contributed by atoms with van der Waals surface area (Å²) in [6.07, 6.45) is 6.95. The minimum absolute atomic E-state index is 0.0705. The van der Waals surface area contributed by atoms with Crippen molar-refractivity contribution in [2.75, 3.05) is 27.2 Å². The van der Waals surface area contributed by atoms with Crippen LogP contribution in [0.5, 0.6) is 0 Å². The van der Waals surface area contributed by atoms with Gasteiger partial charge in [0.15, 0.2) is 0 Å². The summed E-state index contributed by atoms with van der Waals surface area (Å²) in [6, 6.07) is 5.80. The van der Waals surface area contributed by atoms with Crippen molar-refractivity contribution in [1.29, 1.82) is 0 Å². The number of rotatable bonds is 3. The number of carboxylic acid groups (broad SMARTS) is 1. The van der Waals surface area contributed by atoms with E-state index in [0.717, 1.165) is 19.3 Å². The van der Waals surface area contributed by atoms with E-state index in [0.29, 0.717) is 35.0 Å². The molecule has 3 rings (SSSR count). The maximum atomic E-state index is 12.1. The summed E-state index contributed by atoms with van der Waals surface area (Å²) in [5.41, 5.74) is 2.09. The Morgan fingerprint density at radius 1 is 1.19 bits per heavy atom. The second kappa shape index (κ2) is 8.09. The molecule has 0 unspecified atom stereocenters. The Balaban J connectivity index is 1.55. The Morgan fingerprint density at radius 2 is 1.81 bits per heavy atom. The average molecular weight is 393 g/mol. The number of likely N-dealkylation sites (tertiary alicyclic amines) is 1. The normalized spacial score (nSPS) is 19.9. The van der Waals surface area contributed by atoms with Crippen LogP contribution in [0.15, 0.2) is 18.2 Å². The number of carbonyl (C=O) groups is 2. The smallest absolute Gasteiger partial charge is 0.407 e. The molecular weight excluding hydrogens is 364 g/mol. The zero-order chi connectivity index (χ0) is 19.6. The van der Waals surface area contributed by atoms with Crippen molar-refractivity contribution in [3.63, 3.8) is 0 Å². The Labute approximate surface area is 166 Å². The summed E-state index contributed by atoms with van der Waals surface area (Å²) in [4.78, 5) is 26.3. The maximum Gasteiger partial charge on any atom is 0.407 e. The first-order valence-corrected chi connectivity index (χ1v) is 10.2. The van der Waals surface area contributed by atoms with Crippen LogP contribution in [0.4, 0.5) is 4.79 Å². The molecule has 1 aromatic rings. The molecule has 1 saturated heterocycles. The molecule has 2 amide bonds. The van der Waals surface area contributed by atoms with Gasteiger partial charge >= 0.3 is 6.09 Å². The first-order chi connectivity index (χ1) is 12.8. The number of benzene rings is 1. The highest BCUT2D eigenvalue weighted by molar-refractivity contribution is 6.33. The molecule has 1 heterocycles. The lowest BCUT2D eigenvalue weighted by atomic mass is 9.65. The lowest BCUT2D eigenvalue weighted by Crippen LogP contribution is -2.44. The van der Waals surface area contributed by atoms with E-state index in [1.54, 1.807) is 19.0 Å². The van der Waals surface area contributed by atoms with Gasteiger partial charge in [0.1, 0.15) is 0 Å². The van der Waals surface area contributed by atoms with Gasteiger partial charge < -0.3 is 14.9 Å². The second-order valence-corrected chi connectivity index (χ2v) is 8.84. The molecule has 148 valence electrons. The van der Waals surface area contributed by atoms with Crippen LogP contribution >= 0.6 is 11.6 Å².